The molecule has 4 rings (SSSR count). The number of fused-ring (bicyclic) bond motifs is 1. The normalized spacial score (nSPS) is 19.0. The Kier molecular flexibility index (Phi) is 6.05. The molecule has 0 saturated carbocycles. The Morgan fingerprint density at radius 1 is 1.28 bits per heavy atom. The molecule has 9 heteroatoms. The van der Waals surface area contributed by atoms with Crippen LogP contribution in [0.2, 0.25) is 0 Å². The number of morpholine rings is 1. The second kappa shape index (κ2) is 9.08. The maximum atomic E-state index is 13.3. The first-order valence-corrected chi connectivity index (χ1v) is 10.3. The SMILES string of the molecule is CC1CN(c2nc3ccccn3c(=O)c2C=C(C#N)C(=O)NCc2ccco2)CC(C)O1. The van der Waals surface area contributed by atoms with E-state index < -0.39 is 5.91 Å². The quantitative estimate of drug-likeness (QED) is 0.484. The molecule has 1 amide bonds. The highest BCUT2D eigenvalue weighted by Crippen LogP contribution is 2.23. The second-order valence-electron chi connectivity index (χ2n) is 7.68. The van der Waals surface area contributed by atoms with Gasteiger partial charge in [-0.1, -0.05) is 6.07 Å². The number of rotatable bonds is 5. The van der Waals surface area contributed by atoms with Gasteiger partial charge < -0.3 is 19.4 Å². The van der Waals surface area contributed by atoms with E-state index in [1.807, 2.05) is 24.8 Å². The lowest BCUT2D eigenvalue weighted by Crippen LogP contribution is -2.46. The number of pyridine rings is 1. The summed E-state index contributed by atoms with van der Waals surface area (Å²) in [5.41, 5.74) is 0.114. The molecule has 1 aliphatic heterocycles. The fourth-order valence-corrected chi connectivity index (χ4v) is 3.78. The highest BCUT2D eigenvalue weighted by molar-refractivity contribution is 6.02. The number of aromatic nitrogens is 2. The lowest BCUT2D eigenvalue weighted by Gasteiger charge is -2.36. The smallest absolute Gasteiger partial charge is 0.267 e. The number of nitrogens with zero attached hydrogens (tertiary/aromatic N) is 4. The fraction of sp³-hybridized carbons (Fsp3) is 0.304. The van der Waals surface area contributed by atoms with Crippen molar-refractivity contribution in [3.8, 4) is 6.07 Å². The minimum atomic E-state index is -0.601. The number of anilines is 1. The summed E-state index contributed by atoms with van der Waals surface area (Å²) in [5, 5.41) is 12.3. The number of hydrogen-bond donors (Lipinski definition) is 1. The lowest BCUT2D eigenvalue weighted by atomic mass is 10.1. The molecular weight excluding hydrogens is 410 g/mol. The van der Waals surface area contributed by atoms with Crippen LogP contribution in [0.25, 0.3) is 11.7 Å². The Bertz CT molecular complexity index is 1250. The summed E-state index contributed by atoms with van der Waals surface area (Å²) in [6.07, 6.45) is 4.31. The van der Waals surface area contributed by atoms with Gasteiger partial charge in [-0.3, -0.25) is 14.0 Å². The molecule has 1 saturated heterocycles. The number of hydrogen-bond acceptors (Lipinski definition) is 7. The van der Waals surface area contributed by atoms with Gasteiger partial charge >= 0.3 is 0 Å². The molecule has 0 bridgehead atoms. The molecule has 2 unspecified atom stereocenters. The van der Waals surface area contributed by atoms with E-state index in [9.17, 15) is 14.9 Å². The molecule has 1 N–H and O–H groups in total. The largest absolute Gasteiger partial charge is 0.467 e. The van der Waals surface area contributed by atoms with Gasteiger partial charge in [0.05, 0.1) is 30.6 Å². The van der Waals surface area contributed by atoms with Gasteiger partial charge in [-0.05, 0) is 44.2 Å². The first kappa shape index (κ1) is 21.3. The van der Waals surface area contributed by atoms with Crippen molar-refractivity contribution >= 4 is 23.4 Å². The number of nitriles is 1. The monoisotopic (exact) mass is 433 g/mol. The van der Waals surface area contributed by atoms with E-state index in [1.165, 1.54) is 16.7 Å². The molecular formula is C23H23N5O4. The third-order valence-corrected chi connectivity index (χ3v) is 5.13. The molecule has 32 heavy (non-hydrogen) atoms. The van der Waals surface area contributed by atoms with E-state index in [0.717, 1.165) is 0 Å². The van der Waals surface area contributed by atoms with Gasteiger partial charge in [0.25, 0.3) is 11.5 Å². The van der Waals surface area contributed by atoms with Crippen molar-refractivity contribution in [3.05, 3.63) is 70.0 Å². The summed E-state index contributed by atoms with van der Waals surface area (Å²) in [5.74, 6) is 0.381. The molecule has 0 aromatic carbocycles. The van der Waals surface area contributed by atoms with E-state index in [1.54, 1.807) is 36.5 Å². The number of ether oxygens (including phenoxy) is 1. The van der Waals surface area contributed by atoms with Gasteiger partial charge in [-0.25, -0.2) is 4.98 Å². The Balaban J connectivity index is 1.77. The van der Waals surface area contributed by atoms with Crippen molar-refractivity contribution in [1.82, 2.24) is 14.7 Å². The highest BCUT2D eigenvalue weighted by atomic mass is 16.5. The maximum absolute atomic E-state index is 13.3. The van der Waals surface area contributed by atoms with Crippen LogP contribution >= 0.6 is 0 Å². The first-order valence-electron chi connectivity index (χ1n) is 10.3. The van der Waals surface area contributed by atoms with Crippen LogP contribution in [0.5, 0.6) is 0 Å². The van der Waals surface area contributed by atoms with Gasteiger partial charge in [0.1, 0.15) is 28.9 Å². The van der Waals surface area contributed by atoms with Crippen molar-refractivity contribution in [2.45, 2.75) is 32.6 Å². The Morgan fingerprint density at radius 2 is 2.06 bits per heavy atom. The molecule has 0 aliphatic carbocycles. The zero-order valence-corrected chi connectivity index (χ0v) is 17.8. The summed E-state index contributed by atoms with van der Waals surface area (Å²) >= 11 is 0. The van der Waals surface area contributed by atoms with E-state index in [4.69, 9.17) is 14.1 Å². The van der Waals surface area contributed by atoms with Gasteiger partial charge in [0.15, 0.2) is 0 Å². The van der Waals surface area contributed by atoms with Crippen LogP contribution in [0.4, 0.5) is 5.82 Å². The molecule has 2 atom stereocenters. The molecule has 3 aromatic heterocycles. The van der Waals surface area contributed by atoms with Crippen LogP contribution in [0, 0.1) is 11.3 Å². The summed E-state index contributed by atoms with van der Waals surface area (Å²) < 4.78 is 12.4. The molecule has 9 nitrogen and oxygen atoms in total. The minimum absolute atomic E-state index is 0.0568. The van der Waals surface area contributed by atoms with Gasteiger partial charge in [-0.2, -0.15) is 5.26 Å². The van der Waals surface area contributed by atoms with Crippen LogP contribution in [0.1, 0.15) is 25.2 Å². The third kappa shape index (κ3) is 4.40. The maximum Gasteiger partial charge on any atom is 0.267 e. The standard InChI is InChI=1S/C23H23N5O4/c1-15-13-27(14-16(2)32-15)21-19(23(30)28-8-4-3-7-20(28)26-21)10-17(11-24)22(29)25-12-18-6-5-9-31-18/h3-10,15-16H,12-14H2,1-2H3,(H,25,29). The number of nitrogens with one attached hydrogen (secondary N) is 1. The number of furan rings is 1. The van der Waals surface area contributed by atoms with E-state index >= 15 is 0 Å². The predicted molar refractivity (Wildman–Crippen MR) is 118 cm³/mol. The van der Waals surface area contributed by atoms with E-state index in [2.05, 4.69) is 5.32 Å². The molecule has 1 fully saturated rings. The Labute approximate surface area is 184 Å². The lowest BCUT2D eigenvalue weighted by molar-refractivity contribution is -0.117. The zero-order chi connectivity index (χ0) is 22.7. The molecule has 4 heterocycles. The van der Waals surface area contributed by atoms with Crippen LogP contribution < -0.4 is 15.8 Å². The van der Waals surface area contributed by atoms with Gasteiger partial charge in [0, 0.05) is 19.3 Å². The van der Waals surface area contributed by atoms with Gasteiger partial charge in [0.2, 0.25) is 0 Å². The predicted octanol–water partition coefficient (Wildman–Crippen LogP) is 2.12. The average Bonchev–Trinajstić information content (AvgIpc) is 3.30. The highest BCUT2D eigenvalue weighted by Gasteiger charge is 2.27. The molecule has 164 valence electrons. The van der Waals surface area contributed by atoms with E-state index in [-0.39, 0.29) is 35.4 Å². The Morgan fingerprint density at radius 3 is 2.75 bits per heavy atom. The summed E-state index contributed by atoms with van der Waals surface area (Å²) in [7, 11) is 0. The van der Waals surface area contributed by atoms with Crippen molar-refractivity contribution in [2.24, 2.45) is 0 Å². The van der Waals surface area contributed by atoms with E-state index in [0.29, 0.717) is 30.3 Å². The molecule has 0 spiro atoms. The number of carbonyl (C=O) groups is 1. The molecule has 0 radical (unpaired) electrons. The second-order valence-corrected chi connectivity index (χ2v) is 7.68. The van der Waals surface area contributed by atoms with Crippen LogP contribution in [-0.4, -0.2) is 40.6 Å². The number of carbonyl (C=O) groups excluding carboxylic acids is 1. The first-order chi connectivity index (χ1) is 15.5. The third-order valence-electron chi connectivity index (χ3n) is 5.13. The minimum Gasteiger partial charge on any atom is -0.467 e. The fourth-order valence-electron chi connectivity index (χ4n) is 3.78. The summed E-state index contributed by atoms with van der Waals surface area (Å²) in [4.78, 5) is 32.6. The topological polar surface area (TPSA) is 113 Å². The Hall–Kier alpha value is -3.90. The van der Waals surface area contributed by atoms with Gasteiger partial charge in [-0.15, -0.1) is 0 Å². The van der Waals surface area contributed by atoms with Crippen molar-refractivity contribution < 1.29 is 13.9 Å². The van der Waals surface area contributed by atoms with Crippen molar-refractivity contribution in [2.75, 3.05) is 18.0 Å². The van der Waals surface area contributed by atoms with Crippen LogP contribution in [0.3, 0.4) is 0 Å². The molecule has 1 aliphatic rings. The van der Waals surface area contributed by atoms with Crippen molar-refractivity contribution in [1.29, 1.82) is 5.26 Å². The zero-order valence-electron chi connectivity index (χ0n) is 17.8. The summed E-state index contributed by atoms with van der Waals surface area (Å²) in [6, 6.07) is 10.6. The number of amides is 1. The average molecular weight is 433 g/mol. The molecule has 3 aromatic rings. The summed E-state index contributed by atoms with van der Waals surface area (Å²) in [6.45, 7) is 5.11. The van der Waals surface area contributed by atoms with Crippen molar-refractivity contribution in [3.63, 3.8) is 0 Å². The van der Waals surface area contributed by atoms with Crippen LogP contribution in [0.15, 0.2) is 57.6 Å². The van der Waals surface area contributed by atoms with Crippen LogP contribution in [-0.2, 0) is 16.1 Å².